The van der Waals surface area contributed by atoms with Gasteiger partial charge in [0.1, 0.15) is 0 Å². The molecular weight excluding hydrogens is 172 g/mol. The van der Waals surface area contributed by atoms with Gasteiger partial charge in [-0.05, 0) is 51.4 Å². The van der Waals surface area contributed by atoms with Gasteiger partial charge in [-0.3, -0.25) is 4.90 Å². The molecule has 0 amide bonds. The summed E-state index contributed by atoms with van der Waals surface area (Å²) < 4.78 is 0. The van der Waals surface area contributed by atoms with E-state index in [2.05, 4.69) is 23.7 Å². The zero-order chi connectivity index (χ0) is 10.2. The number of piperidine rings is 1. The van der Waals surface area contributed by atoms with Crippen LogP contribution in [0, 0.1) is 5.92 Å². The predicted molar refractivity (Wildman–Crippen MR) is 62.5 cm³/mol. The van der Waals surface area contributed by atoms with Gasteiger partial charge in [-0.25, -0.2) is 0 Å². The highest BCUT2D eigenvalue weighted by Gasteiger charge is 2.13. The molecule has 0 aromatic carbocycles. The topological polar surface area (TPSA) is 15.3 Å². The lowest BCUT2D eigenvalue weighted by Crippen LogP contribution is -2.31. The molecule has 0 atom stereocenters. The van der Waals surface area contributed by atoms with Gasteiger partial charge < -0.3 is 5.32 Å². The van der Waals surface area contributed by atoms with Crippen LogP contribution in [0.2, 0.25) is 0 Å². The molecule has 1 heterocycles. The molecule has 1 aliphatic rings. The van der Waals surface area contributed by atoms with Crippen LogP contribution in [0.5, 0.6) is 0 Å². The minimum Gasteiger partial charge on any atom is -0.317 e. The smallest absolute Gasteiger partial charge is 0.0160 e. The third-order valence-electron chi connectivity index (χ3n) is 3.15. The fourth-order valence-electron chi connectivity index (χ4n) is 2.10. The second-order valence-corrected chi connectivity index (χ2v) is 4.16. The van der Waals surface area contributed by atoms with E-state index >= 15 is 0 Å². The Hall–Kier alpha value is -0.340. The van der Waals surface area contributed by atoms with Crippen LogP contribution in [0.1, 0.15) is 26.2 Å². The molecule has 1 saturated heterocycles. The van der Waals surface area contributed by atoms with Crippen molar-refractivity contribution < 1.29 is 0 Å². The molecule has 0 bridgehead atoms. The average molecular weight is 196 g/mol. The first-order valence-corrected chi connectivity index (χ1v) is 5.90. The Balaban J connectivity index is 2.13. The number of nitrogens with one attached hydrogen (secondary N) is 1. The summed E-state index contributed by atoms with van der Waals surface area (Å²) in [6, 6.07) is 0. The molecule has 2 nitrogen and oxygen atoms in total. The van der Waals surface area contributed by atoms with E-state index in [-0.39, 0.29) is 0 Å². The summed E-state index contributed by atoms with van der Waals surface area (Å²) >= 11 is 0. The summed E-state index contributed by atoms with van der Waals surface area (Å²) in [7, 11) is 0. The standard InChI is InChI=1S/C12H24N2/c1-3-10-14(4-2)11-7-12-5-8-13-9-6-12/h3,12-13H,1,4-11H2,2H3. The van der Waals surface area contributed by atoms with Gasteiger partial charge in [-0.15, -0.1) is 6.58 Å². The van der Waals surface area contributed by atoms with Crippen molar-refractivity contribution in [3.63, 3.8) is 0 Å². The van der Waals surface area contributed by atoms with Crippen LogP contribution in [-0.4, -0.2) is 37.6 Å². The van der Waals surface area contributed by atoms with Crippen molar-refractivity contribution in [2.45, 2.75) is 26.2 Å². The summed E-state index contributed by atoms with van der Waals surface area (Å²) in [5.41, 5.74) is 0. The Morgan fingerprint density at radius 2 is 2.14 bits per heavy atom. The Morgan fingerprint density at radius 1 is 1.43 bits per heavy atom. The largest absolute Gasteiger partial charge is 0.317 e. The molecule has 2 heteroatoms. The van der Waals surface area contributed by atoms with Crippen LogP contribution >= 0.6 is 0 Å². The van der Waals surface area contributed by atoms with E-state index < -0.39 is 0 Å². The quantitative estimate of drug-likeness (QED) is 0.653. The van der Waals surface area contributed by atoms with Gasteiger partial charge in [-0.2, -0.15) is 0 Å². The Kier molecular flexibility index (Phi) is 5.88. The van der Waals surface area contributed by atoms with E-state index in [0.717, 1.165) is 19.0 Å². The Morgan fingerprint density at radius 3 is 2.71 bits per heavy atom. The van der Waals surface area contributed by atoms with E-state index in [4.69, 9.17) is 0 Å². The monoisotopic (exact) mass is 196 g/mol. The summed E-state index contributed by atoms with van der Waals surface area (Å²) in [5, 5.41) is 3.41. The maximum atomic E-state index is 3.79. The second-order valence-electron chi connectivity index (χ2n) is 4.16. The summed E-state index contributed by atoms with van der Waals surface area (Å²) in [4.78, 5) is 2.47. The van der Waals surface area contributed by atoms with Crippen LogP contribution < -0.4 is 5.32 Å². The van der Waals surface area contributed by atoms with Crippen LogP contribution in [0.25, 0.3) is 0 Å². The van der Waals surface area contributed by atoms with Crippen molar-refractivity contribution in [1.29, 1.82) is 0 Å². The molecule has 0 aromatic rings. The molecule has 0 unspecified atom stereocenters. The number of hydrogen-bond donors (Lipinski definition) is 1. The number of rotatable bonds is 6. The molecule has 0 saturated carbocycles. The Bertz CT molecular complexity index is 150. The minimum atomic E-state index is 0.954. The SMILES string of the molecule is C=CCN(CC)CCC1CCNCC1. The number of likely N-dealkylation sites (N-methyl/N-ethyl adjacent to an activating group) is 1. The van der Waals surface area contributed by atoms with Gasteiger partial charge in [0.2, 0.25) is 0 Å². The van der Waals surface area contributed by atoms with E-state index in [1.807, 2.05) is 6.08 Å². The van der Waals surface area contributed by atoms with Crippen molar-refractivity contribution in [2.24, 2.45) is 5.92 Å². The lowest BCUT2D eigenvalue weighted by molar-refractivity contribution is 0.262. The third kappa shape index (κ3) is 4.25. The van der Waals surface area contributed by atoms with Gasteiger partial charge in [-0.1, -0.05) is 13.0 Å². The molecule has 0 aliphatic carbocycles. The lowest BCUT2D eigenvalue weighted by Gasteiger charge is -2.25. The number of nitrogens with zero attached hydrogens (tertiary/aromatic N) is 1. The second kappa shape index (κ2) is 7.02. The van der Waals surface area contributed by atoms with Crippen LogP contribution in [-0.2, 0) is 0 Å². The van der Waals surface area contributed by atoms with E-state index in [9.17, 15) is 0 Å². The maximum Gasteiger partial charge on any atom is 0.0160 e. The van der Waals surface area contributed by atoms with Gasteiger partial charge in [0.15, 0.2) is 0 Å². The van der Waals surface area contributed by atoms with E-state index in [1.165, 1.54) is 38.9 Å². The lowest BCUT2D eigenvalue weighted by atomic mass is 9.94. The molecule has 0 aromatic heterocycles. The highest BCUT2D eigenvalue weighted by Crippen LogP contribution is 2.16. The minimum absolute atomic E-state index is 0.954. The first-order valence-electron chi connectivity index (χ1n) is 5.90. The van der Waals surface area contributed by atoms with Crippen molar-refractivity contribution in [3.8, 4) is 0 Å². The summed E-state index contributed by atoms with van der Waals surface area (Å²) in [6.45, 7) is 11.9. The van der Waals surface area contributed by atoms with Crippen LogP contribution in [0.15, 0.2) is 12.7 Å². The first-order chi connectivity index (χ1) is 6.86. The van der Waals surface area contributed by atoms with Crippen LogP contribution in [0.3, 0.4) is 0 Å². The summed E-state index contributed by atoms with van der Waals surface area (Å²) in [6.07, 6.45) is 6.10. The highest BCUT2D eigenvalue weighted by atomic mass is 15.1. The average Bonchev–Trinajstić information content (AvgIpc) is 2.25. The van der Waals surface area contributed by atoms with Crippen LogP contribution in [0.4, 0.5) is 0 Å². The van der Waals surface area contributed by atoms with E-state index in [1.54, 1.807) is 0 Å². The van der Waals surface area contributed by atoms with Gasteiger partial charge in [0.25, 0.3) is 0 Å². The van der Waals surface area contributed by atoms with Crippen molar-refractivity contribution in [2.75, 3.05) is 32.7 Å². The van der Waals surface area contributed by atoms with Crippen molar-refractivity contribution in [3.05, 3.63) is 12.7 Å². The molecule has 14 heavy (non-hydrogen) atoms. The van der Waals surface area contributed by atoms with Gasteiger partial charge >= 0.3 is 0 Å². The molecule has 1 aliphatic heterocycles. The molecule has 0 radical (unpaired) electrons. The van der Waals surface area contributed by atoms with Crippen molar-refractivity contribution >= 4 is 0 Å². The number of hydrogen-bond acceptors (Lipinski definition) is 2. The third-order valence-corrected chi connectivity index (χ3v) is 3.15. The Labute approximate surface area is 88.4 Å². The predicted octanol–water partition coefficient (Wildman–Crippen LogP) is 1.88. The zero-order valence-corrected chi connectivity index (χ0v) is 9.47. The molecule has 1 N–H and O–H groups in total. The molecular formula is C12H24N2. The highest BCUT2D eigenvalue weighted by molar-refractivity contribution is 4.75. The van der Waals surface area contributed by atoms with E-state index in [0.29, 0.717) is 0 Å². The maximum absolute atomic E-state index is 3.79. The van der Waals surface area contributed by atoms with Gasteiger partial charge in [0, 0.05) is 6.54 Å². The fraction of sp³-hybridized carbons (Fsp3) is 0.833. The van der Waals surface area contributed by atoms with Crippen molar-refractivity contribution in [1.82, 2.24) is 10.2 Å². The van der Waals surface area contributed by atoms with Gasteiger partial charge in [0.05, 0.1) is 0 Å². The summed E-state index contributed by atoms with van der Waals surface area (Å²) in [5.74, 6) is 0.954. The molecule has 1 fully saturated rings. The first kappa shape index (κ1) is 11.7. The fourth-order valence-corrected chi connectivity index (χ4v) is 2.10. The normalized spacial score (nSPS) is 18.7. The molecule has 82 valence electrons. The zero-order valence-electron chi connectivity index (χ0n) is 9.47. The molecule has 1 rings (SSSR count). The molecule has 0 spiro atoms.